The quantitative estimate of drug-likeness (QED) is 0.685. The first-order valence-electron chi connectivity index (χ1n) is 6.53. The summed E-state index contributed by atoms with van der Waals surface area (Å²) >= 11 is 6.06. The highest BCUT2D eigenvalue weighted by Gasteiger charge is 2.18. The molecule has 0 atom stereocenters. The Morgan fingerprint density at radius 2 is 2.04 bits per heavy atom. The molecule has 2 aromatic heterocycles. The maximum absolute atomic E-state index is 13.2. The zero-order valence-corrected chi connectivity index (χ0v) is 12.4. The number of aromatic nitrogens is 3. The second-order valence-electron chi connectivity index (χ2n) is 4.76. The fraction of sp³-hybridized carbons (Fsp3) is 0. The Morgan fingerprint density at radius 1 is 1.26 bits per heavy atom. The molecule has 1 amide bonds. The van der Waals surface area contributed by atoms with Crippen LogP contribution in [0.15, 0.2) is 36.5 Å². The van der Waals surface area contributed by atoms with Crippen LogP contribution in [-0.4, -0.2) is 20.9 Å². The van der Waals surface area contributed by atoms with Gasteiger partial charge in [0, 0.05) is 11.8 Å². The molecule has 0 unspecified atom stereocenters. The van der Waals surface area contributed by atoms with Crippen LogP contribution in [0.2, 0.25) is 5.02 Å². The first-order valence-corrected chi connectivity index (χ1v) is 6.90. The van der Waals surface area contributed by atoms with E-state index < -0.39 is 11.7 Å². The van der Waals surface area contributed by atoms with E-state index in [4.69, 9.17) is 23.1 Å². The van der Waals surface area contributed by atoms with Crippen LogP contribution in [0.4, 0.5) is 10.3 Å². The normalized spacial score (nSPS) is 10.7. The van der Waals surface area contributed by atoms with Crippen LogP contribution >= 0.6 is 11.6 Å². The van der Waals surface area contributed by atoms with E-state index in [2.05, 4.69) is 15.0 Å². The monoisotopic (exact) mass is 331 g/mol. The molecule has 0 saturated heterocycles. The summed E-state index contributed by atoms with van der Waals surface area (Å²) in [7, 11) is 0. The number of aromatic amines is 1. The number of rotatable bonds is 3. The standard InChI is InChI=1S/C15H11ClFN5O/c16-10-5-7(17)1-2-8(10)13-9(14(18)23)6-12(21-13)11-3-4-20-15(19)22-11/h1-6,21H,(H2,18,23)(H2,19,20,22). The summed E-state index contributed by atoms with van der Waals surface area (Å²) in [6.45, 7) is 0. The molecule has 0 spiro atoms. The van der Waals surface area contributed by atoms with Crippen molar-refractivity contribution in [3.8, 4) is 22.6 Å². The highest BCUT2D eigenvalue weighted by Crippen LogP contribution is 2.33. The van der Waals surface area contributed by atoms with Crippen LogP contribution < -0.4 is 11.5 Å². The largest absolute Gasteiger partial charge is 0.368 e. The Hall–Kier alpha value is -2.93. The number of hydrogen-bond acceptors (Lipinski definition) is 4. The molecular weight excluding hydrogens is 321 g/mol. The predicted molar refractivity (Wildman–Crippen MR) is 85.2 cm³/mol. The lowest BCUT2D eigenvalue weighted by atomic mass is 10.1. The number of anilines is 1. The van der Waals surface area contributed by atoms with Gasteiger partial charge in [-0.1, -0.05) is 11.6 Å². The minimum absolute atomic E-state index is 0.0964. The van der Waals surface area contributed by atoms with E-state index >= 15 is 0 Å². The molecule has 5 N–H and O–H groups in total. The third-order valence-electron chi connectivity index (χ3n) is 3.23. The number of carbonyl (C=O) groups excluding carboxylic acids is 1. The van der Waals surface area contributed by atoms with Gasteiger partial charge in [-0.05, 0) is 30.3 Å². The molecule has 23 heavy (non-hydrogen) atoms. The number of hydrogen-bond donors (Lipinski definition) is 3. The van der Waals surface area contributed by atoms with Gasteiger partial charge in [0.25, 0.3) is 5.91 Å². The van der Waals surface area contributed by atoms with Crippen LogP contribution in [0.5, 0.6) is 0 Å². The van der Waals surface area contributed by atoms with Gasteiger partial charge in [0.2, 0.25) is 5.95 Å². The Balaban J connectivity index is 2.19. The summed E-state index contributed by atoms with van der Waals surface area (Å²) in [6.07, 6.45) is 1.49. The van der Waals surface area contributed by atoms with Crippen molar-refractivity contribution < 1.29 is 9.18 Å². The van der Waals surface area contributed by atoms with E-state index in [-0.39, 0.29) is 16.5 Å². The first-order chi connectivity index (χ1) is 11.0. The van der Waals surface area contributed by atoms with Crippen molar-refractivity contribution in [3.05, 3.63) is 52.9 Å². The lowest BCUT2D eigenvalue weighted by molar-refractivity contribution is 0.100. The number of nitrogens with one attached hydrogen (secondary N) is 1. The molecule has 8 heteroatoms. The lowest BCUT2D eigenvalue weighted by Crippen LogP contribution is -2.11. The molecule has 0 radical (unpaired) electrons. The van der Waals surface area contributed by atoms with Crippen molar-refractivity contribution in [2.24, 2.45) is 5.73 Å². The molecule has 0 bridgehead atoms. The molecule has 3 rings (SSSR count). The molecule has 0 saturated carbocycles. The third kappa shape index (κ3) is 2.86. The topological polar surface area (TPSA) is 111 Å². The Bertz CT molecular complexity index is 909. The molecular formula is C15H11ClFN5O. The number of H-pyrrole nitrogens is 1. The van der Waals surface area contributed by atoms with Gasteiger partial charge in [-0.3, -0.25) is 4.79 Å². The second kappa shape index (κ2) is 5.69. The van der Waals surface area contributed by atoms with Crippen LogP contribution in [0, 0.1) is 5.82 Å². The summed E-state index contributed by atoms with van der Waals surface area (Å²) in [5.74, 6) is -1.03. The van der Waals surface area contributed by atoms with Gasteiger partial charge >= 0.3 is 0 Å². The summed E-state index contributed by atoms with van der Waals surface area (Å²) in [6, 6.07) is 7.04. The third-order valence-corrected chi connectivity index (χ3v) is 3.55. The molecule has 1 aromatic carbocycles. The molecule has 6 nitrogen and oxygen atoms in total. The SMILES string of the molecule is NC(=O)c1cc(-c2ccnc(N)n2)[nH]c1-c1ccc(F)cc1Cl. The van der Waals surface area contributed by atoms with E-state index in [0.717, 1.165) is 6.07 Å². The average Bonchev–Trinajstić information content (AvgIpc) is 2.92. The van der Waals surface area contributed by atoms with Crippen molar-refractivity contribution >= 4 is 23.5 Å². The highest BCUT2D eigenvalue weighted by molar-refractivity contribution is 6.33. The summed E-state index contributed by atoms with van der Waals surface area (Å²) in [4.78, 5) is 22.6. The second-order valence-corrected chi connectivity index (χ2v) is 5.17. The number of nitrogens with zero attached hydrogens (tertiary/aromatic N) is 2. The van der Waals surface area contributed by atoms with Gasteiger partial charge in [-0.15, -0.1) is 0 Å². The molecule has 116 valence electrons. The van der Waals surface area contributed by atoms with Gasteiger partial charge < -0.3 is 16.5 Å². The Labute approximate surface area is 135 Å². The van der Waals surface area contributed by atoms with E-state index in [9.17, 15) is 9.18 Å². The van der Waals surface area contributed by atoms with Gasteiger partial charge in [-0.2, -0.15) is 0 Å². The Morgan fingerprint density at radius 3 is 2.70 bits per heavy atom. The van der Waals surface area contributed by atoms with Crippen LogP contribution in [-0.2, 0) is 0 Å². The number of primary amides is 1. The van der Waals surface area contributed by atoms with Gasteiger partial charge in [0.05, 0.1) is 27.7 Å². The van der Waals surface area contributed by atoms with E-state index in [1.54, 1.807) is 12.1 Å². The molecule has 2 heterocycles. The lowest BCUT2D eigenvalue weighted by Gasteiger charge is -2.04. The fourth-order valence-corrected chi connectivity index (χ4v) is 2.48. The molecule has 3 aromatic rings. The predicted octanol–water partition coefficient (Wildman–Crippen LogP) is 2.61. The summed E-state index contributed by atoms with van der Waals surface area (Å²) < 4.78 is 13.2. The van der Waals surface area contributed by atoms with E-state index in [1.807, 2.05) is 0 Å². The van der Waals surface area contributed by atoms with Crippen LogP contribution in [0.3, 0.4) is 0 Å². The molecule has 0 aliphatic heterocycles. The van der Waals surface area contributed by atoms with Crippen LogP contribution in [0.25, 0.3) is 22.6 Å². The maximum atomic E-state index is 13.2. The summed E-state index contributed by atoms with van der Waals surface area (Å²) in [5.41, 5.74) is 13.0. The first kappa shape index (κ1) is 15.0. The van der Waals surface area contributed by atoms with E-state index in [1.165, 1.54) is 18.3 Å². The van der Waals surface area contributed by atoms with Crippen molar-refractivity contribution in [2.75, 3.05) is 5.73 Å². The van der Waals surface area contributed by atoms with Gasteiger partial charge in [0.1, 0.15) is 5.82 Å². The van der Waals surface area contributed by atoms with Crippen molar-refractivity contribution in [1.82, 2.24) is 15.0 Å². The smallest absolute Gasteiger partial charge is 0.250 e. The zero-order valence-electron chi connectivity index (χ0n) is 11.7. The molecule has 0 aliphatic rings. The van der Waals surface area contributed by atoms with Gasteiger partial charge in [0.15, 0.2) is 0 Å². The van der Waals surface area contributed by atoms with Crippen molar-refractivity contribution in [2.45, 2.75) is 0 Å². The number of halogens is 2. The van der Waals surface area contributed by atoms with Crippen LogP contribution in [0.1, 0.15) is 10.4 Å². The van der Waals surface area contributed by atoms with E-state index in [0.29, 0.717) is 22.6 Å². The number of amides is 1. The highest BCUT2D eigenvalue weighted by atomic mass is 35.5. The number of nitrogen functional groups attached to an aromatic ring is 1. The molecule has 0 fully saturated rings. The van der Waals surface area contributed by atoms with Gasteiger partial charge in [-0.25, -0.2) is 14.4 Å². The number of nitrogens with two attached hydrogens (primary N) is 2. The van der Waals surface area contributed by atoms with Crippen molar-refractivity contribution in [3.63, 3.8) is 0 Å². The molecule has 0 aliphatic carbocycles. The minimum atomic E-state index is -0.648. The Kier molecular flexibility index (Phi) is 3.71. The van der Waals surface area contributed by atoms with Crippen molar-refractivity contribution in [1.29, 1.82) is 0 Å². The number of benzene rings is 1. The minimum Gasteiger partial charge on any atom is -0.368 e. The maximum Gasteiger partial charge on any atom is 0.250 e. The zero-order chi connectivity index (χ0) is 16.6. The summed E-state index contributed by atoms with van der Waals surface area (Å²) in [5, 5.41) is 0.156. The number of carbonyl (C=O) groups is 1. The fourth-order valence-electron chi connectivity index (χ4n) is 2.22. The average molecular weight is 332 g/mol.